The van der Waals surface area contributed by atoms with Gasteiger partial charge in [0, 0.05) is 13.5 Å². The van der Waals surface area contributed by atoms with E-state index in [1.807, 2.05) is 37.6 Å². The summed E-state index contributed by atoms with van der Waals surface area (Å²) in [7, 11) is 1.60. The van der Waals surface area contributed by atoms with Gasteiger partial charge in [-0.3, -0.25) is 4.79 Å². The highest BCUT2D eigenvalue weighted by atomic mass is 32.1. The molecule has 1 rings (SSSR count). The summed E-state index contributed by atoms with van der Waals surface area (Å²) in [5.41, 5.74) is 0.943. The lowest BCUT2D eigenvalue weighted by molar-refractivity contribution is -0.134. The molecule has 1 atom stereocenters. The molecular weight excluding hydrogens is 208 g/mol. The molecule has 3 heteroatoms. The number of rotatable bonds is 4. The van der Waals surface area contributed by atoms with Gasteiger partial charge in [0.1, 0.15) is 6.10 Å². The molecule has 15 heavy (non-hydrogen) atoms. The van der Waals surface area contributed by atoms with Crippen LogP contribution < -0.4 is 0 Å². The molecule has 0 aliphatic heterocycles. The Balaban J connectivity index is 2.67. The zero-order chi connectivity index (χ0) is 11.5. The molecule has 1 unspecified atom stereocenters. The topological polar surface area (TPSA) is 26.3 Å². The Labute approximate surface area is 95.3 Å². The zero-order valence-corrected chi connectivity index (χ0v) is 10.6. The smallest absolute Gasteiger partial charge is 0.166 e. The van der Waals surface area contributed by atoms with Crippen molar-refractivity contribution in [3.8, 4) is 0 Å². The second-order valence-corrected chi connectivity index (χ2v) is 5.54. The lowest BCUT2D eigenvalue weighted by Crippen LogP contribution is -2.37. The largest absolute Gasteiger partial charge is 0.373 e. The number of thiophene rings is 1. The van der Waals surface area contributed by atoms with Gasteiger partial charge in [-0.25, -0.2) is 0 Å². The molecule has 0 N–H and O–H groups in total. The minimum Gasteiger partial charge on any atom is -0.373 e. The Morgan fingerprint density at radius 3 is 2.60 bits per heavy atom. The van der Waals surface area contributed by atoms with Crippen LogP contribution in [-0.2, 0) is 16.0 Å². The van der Waals surface area contributed by atoms with E-state index in [0.29, 0.717) is 6.42 Å². The second-order valence-electron chi connectivity index (χ2n) is 4.76. The minimum absolute atomic E-state index is 0.137. The van der Waals surface area contributed by atoms with Gasteiger partial charge >= 0.3 is 0 Å². The Morgan fingerprint density at radius 2 is 2.20 bits per heavy atom. The predicted molar refractivity (Wildman–Crippen MR) is 63.3 cm³/mol. The van der Waals surface area contributed by atoms with Crippen LogP contribution in [0.4, 0.5) is 0 Å². The molecule has 0 amide bonds. The van der Waals surface area contributed by atoms with Gasteiger partial charge in [-0.15, -0.1) is 0 Å². The van der Waals surface area contributed by atoms with Crippen molar-refractivity contribution in [3.63, 3.8) is 0 Å². The maximum absolute atomic E-state index is 12.0. The average Bonchev–Trinajstić information content (AvgIpc) is 2.54. The highest BCUT2D eigenvalue weighted by molar-refractivity contribution is 7.07. The Morgan fingerprint density at radius 1 is 1.53 bits per heavy atom. The van der Waals surface area contributed by atoms with Crippen LogP contribution >= 0.6 is 11.3 Å². The number of hydrogen-bond donors (Lipinski definition) is 0. The first-order valence-electron chi connectivity index (χ1n) is 5.01. The molecule has 0 aromatic carbocycles. The summed E-state index contributed by atoms with van der Waals surface area (Å²) < 4.78 is 5.28. The third-order valence-electron chi connectivity index (χ3n) is 2.27. The molecule has 1 heterocycles. The van der Waals surface area contributed by atoms with E-state index in [1.165, 1.54) is 0 Å². The van der Waals surface area contributed by atoms with Crippen molar-refractivity contribution in [2.75, 3.05) is 7.11 Å². The summed E-state index contributed by atoms with van der Waals surface area (Å²) in [5.74, 6) is 0.156. The van der Waals surface area contributed by atoms with Crippen LogP contribution in [0.3, 0.4) is 0 Å². The fourth-order valence-electron chi connectivity index (χ4n) is 1.66. The van der Waals surface area contributed by atoms with Gasteiger partial charge in [0.2, 0.25) is 0 Å². The first-order chi connectivity index (χ1) is 6.95. The van der Waals surface area contributed by atoms with Crippen molar-refractivity contribution in [1.29, 1.82) is 0 Å². The number of Topliss-reactive ketones (excluding diaryl/α,β-unsaturated/α-hetero) is 1. The van der Waals surface area contributed by atoms with Crippen LogP contribution in [0.2, 0.25) is 0 Å². The average molecular weight is 226 g/mol. The van der Waals surface area contributed by atoms with Gasteiger partial charge in [-0.1, -0.05) is 20.8 Å². The monoisotopic (exact) mass is 226 g/mol. The number of ketones is 1. The molecule has 0 spiro atoms. The molecule has 0 radical (unpaired) electrons. The van der Waals surface area contributed by atoms with E-state index in [0.717, 1.165) is 5.56 Å². The van der Waals surface area contributed by atoms with Crippen molar-refractivity contribution in [3.05, 3.63) is 22.4 Å². The van der Waals surface area contributed by atoms with E-state index >= 15 is 0 Å². The normalized spacial score (nSPS) is 13.9. The van der Waals surface area contributed by atoms with Gasteiger partial charge < -0.3 is 4.74 Å². The molecule has 0 fully saturated rings. The molecule has 2 nitrogen and oxygen atoms in total. The van der Waals surface area contributed by atoms with Crippen LogP contribution in [0.5, 0.6) is 0 Å². The van der Waals surface area contributed by atoms with Gasteiger partial charge in [0.25, 0.3) is 0 Å². The van der Waals surface area contributed by atoms with Crippen molar-refractivity contribution >= 4 is 17.1 Å². The van der Waals surface area contributed by atoms with Crippen LogP contribution in [0, 0.1) is 5.41 Å². The van der Waals surface area contributed by atoms with Crippen molar-refractivity contribution < 1.29 is 9.53 Å². The molecule has 0 aliphatic carbocycles. The van der Waals surface area contributed by atoms with Crippen molar-refractivity contribution in [2.45, 2.75) is 33.3 Å². The highest BCUT2D eigenvalue weighted by Crippen LogP contribution is 2.24. The number of carbonyl (C=O) groups excluding carboxylic acids is 1. The molecular formula is C12H18O2S. The van der Waals surface area contributed by atoms with E-state index in [9.17, 15) is 4.79 Å². The standard InChI is InChI=1S/C12H18O2S/c1-12(2,3)11(14-4)10(13)7-9-5-6-15-8-9/h5-6,8,11H,7H2,1-4H3. The summed E-state index contributed by atoms with van der Waals surface area (Å²) in [6.45, 7) is 6.06. The molecule has 84 valence electrons. The maximum atomic E-state index is 12.0. The lowest BCUT2D eigenvalue weighted by Gasteiger charge is -2.27. The summed E-state index contributed by atoms with van der Waals surface area (Å²) >= 11 is 1.62. The van der Waals surface area contributed by atoms with Gasteiger partial charge in [-0.05, 0) is 27.8 Å². The van der Waals surface area contributed by atoms with E-state index in [4.69, 9.17) is 4.74 Å². The first-order valence-corrected chi connectivity index (χ1v) is 5.96. The van der Waals surface area contributed by atoms with Crippen molar-refractivity contribution in [2.24, 2.45) is 5.41 Å². The maximum Gasteiger partial charge on any atom is 0.166 e. The van der Waals surface area contributed by atoms with Crippen LogP contribution in [0.1, 0.15) is 26.3 Å². The third kappa shape index (κ3) is 3.43. The molecule has 0 aliphatic rings. The zero-order valence-electron chi connectivity index (χ0n) is 9.74. The number of hydrogen-bond acceptors (Lipinski definition) is 3. The fourth-order valence-corrected chi connectivity index (χ4v) is 2.32. The molecule has 0 saturated heterocycles. The summed E-state index contributed by atoms with van der Waals surface area (Å²) in [4.78, 5) is 12.0. The van der Waals surface area contributed by atoms with Gasteiger partial charge in [0.05, 0.1) is 0 Å². The summed E-state index contributed by atoms with van der Waals surface area (Å²) in [5, 5.41) is 3.99. The van der Waals surface area contributed by atoms with E-state index in [1.54, 1.807) is 18.4 Å². The Hall–Kier alpha value is -0.670. The van der Waals surface area contributed by atoms with E-state index in [-0.39, 0.29) is 17.3 Å². The molecule has 1 aromatic heterocycles. The van der Waals surface area contributed by atoms with Crippen LogP contribution in [0.15, 0.2) is 16.8 Å². The summed E-state index contributed by atoms with van der Waals surface area (Å²) in [6, 6.07) is 1.98. The van der Waals surface area contributed by atoms with E-state index in [2.05, 4.69) is 0 Å². The number of methoxy groups -OCH3 is 1. The SMILES string of the molecule is COC(C(=O)Cc1ccsc1)C(C)(C)C. The summed E-state index contributed by atoms with van der Waals surface area (Å²) in [6.07, 6.45) is 0.150. The highest BCUT2D eigenvalue weighted by Gasteiger charge is 2.30. The minimum atomic E-state index is -0.322. The third-order valence-corrected chi connectivity index (χ3v) is 3.01. The Bertz CT molecular complexity index is 309. The van der Waals surface area contributed by atoms with Crippen LogP contribution in [0.25, 0.3) is 0 Å². The fraction of sp³-hybridized carbons (Fsp3) is 0.583. The molecule has 1 aromatic rings. The number of ether oxygens (including phenoxy) is 1. The van der Waals surface area contributed by atoms with Gasteiger partial charge in [0.15, 0.2) is 5.78 Å². The molecule has 0 saturated carbocycles. The van der Waals surface area contributed by atoms with Gasteiger partial charge in [-0.2, -0.15) is 11.3 Å². The first kappa shape index (κ1) is 12.4. The lowest BCUT2D eigenvalue weighted by atomic mass is 9.85. The predicted octanol–water partition coefficient (Wildman–Crippen LogP) is 2.92. The Kier molecular flexibility index (Phi) is 4.05. The van der Waals surface area contributed by atoms with Crippen molar-refractivity contribution in [1.82, 2.24) is 0 Å². The van der Waals surface area contributed by atoms with E-state index < -0.39 is 0 Å². The quantitative estimate of drug-likeness (QED) is 0.789. The number of carbonyl (C=O) groups is 1. The molecule has 0 bridgehead atoms. The second kappa shape index (κ2) is 4.90. The van der Waals surface area contributed by atoms with Crippen LogP contribution in [-0.4, -0.2) is 19.0 Å².